The molecule has 2 atom stereocenters. The number of likely N-dealkylation sites (tertiary alicyclic amines) is 1. The lowest BCUT2D eigenvalue weighted by Crippen LogP contribution is -2.62. The predicted octanol–water partition coefficient (Wildman–Crippen LogP) is 4.81. The number of benzene rings is 1. The number of carbonyl (C=O) groups is 1. The summed E-state index contributed by atoms with van der Waals surface area (Å²) >= 11 is 0. The summed E-state index contributed by atoms with van der Waals surface area (Å²) in [4.78, 5) is 26.8. The van der Waals surface area contributed by atoms with E-state index in [4.69, 9.17) is 9.47 Å². The van der Waals surface area contributed by atoms with E-state index in [-0.39, 0.29) is 34.6 Å². The highest BCUT2D eigenvalue weighted by Gasteiger charge is 2.50. The molecule has 0 radical (unpaired) electrons. The number of hydrogen-bond acceptors (Lipinski definition) is 9. The van der Waals surface area contributed by atoms with Gasteiger partial charge >= 0.3 is 0 Å². The van der Waals surface area contributed by atoms with Gasteiger partial charge in [0.2, 0.25) is 0 Å². The summed E-state index contributed by atoms with van der Waals surface area (Å²) in [5.41, 5.74) is 0.354. The molecular weight excluding hydrogens is 561 g/mol. The first-order valence-electron chi connectivity index (χ1n) is 16.1. The smallest absolute Gasteiger partial charge is 0.282 e. The number of likely N-dealkylation sites (N-methyl/N-ethyl adjacent to an activating group) is 1. The molecule has 10 nitrogen and oxygen atoms in total. The number of carbonyl (C=O) groups excluding carboxylic acids is 1. The van der Waals surface area contributed by atoms with Gasteiger partial charge in [-0.3, -0.25) is 9.69 Å². The molecule has 2 aromatic rings. The fourth-order valence-electron chi connectivity index (χ4n) is 6.93. The van der Waals surface area contributed by atoms with E-state index in [1.165, 1.54) is 30.9 Å². The van der Waals surface area contributed by atoms with Crippen LogP contribution in [0, 0.1) is 23.1 Å². The predicted molar refractivity (Wildman–Crippen MR) is 171 cm³/mol. The van der Waals surface area contributed by atoms with Crippen LogP contribution < -0.4 is 9.64 Å². The van der Waals surface area contributed by atoms with Gasteiger partial charge in [0.05, 0.1) is 12.2 Å². The highest BCUT2D eigenvalue weighted by molar-refractivity contribution is 5.97. The Morgan fingerprint density at radius 2 is 1.91 bits per heavy atom. The van der Waals surface area contributed by atoms with Crippen LogP contribution in [0.2, 0.25) is 0 Å². The normalized spacial score (nSPS) is 17.9. The fourth-order valence-corrected chi connectivity index (χ4v) is 6.93. The van der Waals surface area contributed by atoms with Crippen LogP contribution in [0.25, 0.3) is 0 Å². The number of rotatable bonds is 15. The molecule has 4 rings (SSSR count). The summed E-state index contributed by atoms with van der Waals surface area (Å²) in [5.74, 6) is 1.45. The van der Waals surface area contributed by atoms with E-state index < -0.39 is 5.82 Å². The minimum absolute atomic E-state index is 0.0408. The van der Waals surface area contributed by atoms with Crippen molar-refractivity contribution in [1.29, 1.82) is 0 Å². The van der Waals surface area contributed by atoms with E-state index in [1.54, 1.807) is 12.0 Å². The Hall–Kier alpha value is -2.89. The Balaban J connectivity index is 1.43. The first kappa shape index (κ1) is 34.0. The molecule has 0 unspecified atom stereocenters. The van der Waals surface area contributed by atoms with Gasteiger partial charge < -0.3 is 24.2 Å². The van der Waals surface area contributed by atoms with Crippen molar-refractivity contribution < 1.29 is 18.7 Å². The Morgan fingerprint density at radius 3 is 2.57 bits per heavy atom. The van der Waals surface area contributed by atoms with Crippen molar-refractivity contribution in [2.24, 2.45) is 17.3 Å². The molecule has 2 fully saturated rings. The fraction of sp³-hybridized carbons (Fsp3) is 0.697. The molecule has 1 aromatic heterocycles. The van der Waals surface area contributed by atoms with Crippen molar-refractivity contribution in [3.63, 3.8) is 0 Å². The molecular formula is C33H52FN7O3. The number of ether oxygens (including phenoxy) is 2. The molecule has 1 aromatic carbocycles. The first-order valence-corrected chi connectivity index (χ1v) is 16.1. The summed E-state index contributed by atoms with van der Waals surface area (Å²) in [6.07, 6.45) is 3.66. The molecule has 2 saturated heterocycles. The van der Waals surface area contributed by atoms with Gasteiger partial charge in [0, 0.05) is 70.4 Å². The summed E-state index contributed by atoms with van der Waals surface area (Å²) < 4.78 is 25.7. The van der Waals surface area contributed by atoms with Gasteiger partial charge in [0.25, 0.3) is 11.8 Å². The number of aromatic nitrogens is 3. The maximum atomic E-state index is 14.3. The van der Waals surface area contributed by atoms with Crippen molar-refractivity contribution in [1.82, 2.24) is 29.9 Å². The second-order valence-electron chi connectivity index (χ2n) is 13.5. The number of hydrogen-bond donors (Lipinski definition) is 0. The second-order valence-corrected chi connectivity index (χ2v) is 13.5. The van der Waals surface area contributed by atoms with Gasteiger partial charge in [0.1, 0.15) is 17.9 Å². The average molecular weight is 614 g/mol. The van der Waals surface area contributed by atoms with Crippen LogP contribution in [0.4, 0.5) is 10.2 Å². The van der Waals surface area contributed by atoms with Crippen molar-refractivity contribution >= 4 is 11.7 Å². The van der Waals surface area contributed by atoms with Crippen molar-refractivity contribution in [3.8, 4) is 11.6 Å². The highest BCUT2D eigenvalue weighted by Crippen LogP contribution is 2.45. The van der Waals surface area contributed by atoms with Gasteiger partial charge in [0.15, 0.2) is 5.82 Å². The Bertz CT molecular complexity index is 1240. The third-order valence-corrected chi connectivity index (χ3v) is 9.17. The Kier molecular flexibility index (Phi) is 11.5. The summed E-state index contributed by atoms with van der Waals surface area (Å²) in [5, 5.41) is 8.23. The van der Waals surface area contributed by atoms with Crippen LogP contribution in [-0.4, -0.2) is 114 Å². The maximum absolute atomic E-state index is 14.3. The third kappa shape index (κ3) is 8.03. The molecule has 244 valence electrons. The summed E-state index contributed by atoms with van der Waals surface area (Å²) in [6.45, 7) is 19.9. The maximum Gasteiger partial charge on any atom is 0.282 e. The lowest BCUT2D eigenvalue weighted by atomic mass is 9.76. The summed E-state index contributed by atoms with van der Waals surface area (Å²) in [7, 11) is 3.93. The molecule has 0 aliphatic carbocycles. The molecule has 1 spiro atoms. The summed E-state index contributed by atoms with van der Waals surface area (Å²) in [6, 6.07) is 4.50. The molecule has 2 aliphatic rings. The van der Waals surface area contributed by atoms with Crippen LogP contribution >= 0.6 is 0 Å². The monoisotopic (exact) mass is 613 g/mol. The standard InChI is InChI=1S/C33H52FN7O3/c1-9-41(24(4)5)32(42)27-17-26(34)10-11-29(27)44-31-30(35-22-36-37-31)39-13-12-33(19-39)20-40(21-33)28(23(2)3)16-25(6)18-38(7)14-15-43-8/h10-11,17,22-25,28H,9,12-16,18-21H2,1-8H3/t25-,28-/m0/s1. The number of anilines is 1. The largest absolute Gasteiger partial charge is 0.434 e. The van der Waals surface area contributed by atoms with E-state index in [9.17, 15) is 9.18 Å². The van der Waals surface area contributed by atoms with E-state index >= 15 is 0 Å². The van der Waals surface area contributed by atoms with E-state index in [1.807, 2.05) is 20.8 Å². The molecule has 0 saturated carbocycles. The molecule has 3 heterocycles. The van der Waals surface area contributed by atoms with Gasteiger partial charge in [-0.2, -0.15) is 0 Å². The molecule has 44 heavy (non-hydrogen) atoms. The van der Waals surface area contributed by atoms with Crippen LogP contribution in [0.1, 0.15) is 64.7 Å². The van der Waals surface area contributed by atoms with Gasteiger partial charge in [-0.05, 0) is 70.7 Å². The van der Waals surface area contributed by atoms with Crippen LogP contribution in [0.3, 0.4) is 0 Å². The zero-order chi connectivity index (χ0) is 32.0. The van der Waals surface area contributed by atoms with E-state index in [0.717, 1.165) is 52.3 Å². The first-order chi connectivity index (χ1) is 21.0. The number of nitrogens with zero attached hydrogens (tertiary/aromatic N) is 7. The van der Waals surface area contributed by atoms with Gasteiger partial charge in [-0.15, -0.1) is 10.2 Å². The lowest BCUT2D eigenvalue weighted by molar-refractivity contribution is -0.0387. The Labute approximate surface area is 262 Å². The number of halogens is 1. The minimum Gasteiger partial charge on any atom is -0.434 e. The van der Waals surface area contributed by atoms with Crippen LogP contribution in [0.15, 0.2) is 24.5 Å². The lowest BCUT2D eigenvalue weighted by Gasteiger charge is -2.53. The molecule has 1 amide bonds. The zero-order valence-corrected chi connectivity index (χ0v) is 27.9. The number of methoxy groups -OCH3 is 1. The van der Waals surface area contributed by atoms with Crippen molar-refractivity contribution in [2.45, 2.75) is 66.5 Å². The highest BCUT2D eigenvalue weighted by atomic mass is 19.1. The minimum atomic E-state index is -0.499. The SMILES string of the molecule is CCN(C(=O)c1cc(F)ccc1Oc1nncnc1N1CCC2(C1)CN([C@@H](C[C@H](C)CN(C)CCOC)C(C)C)C2)C(C)C. The second kappa shape index (κ2) is 14.9. The number of amides is 1. The average Bonchev–Trinajstić information content (AvgIpc) is 3.41. The third-order valence-electron chi connectivity index (χ3n) is 9.17. The topological polar surface area (TPSA) is 87.2 Å². The zero-order valence-electron chi connectivity index (χ0n) is 27.9. The molecule has 0 bridgehead atoms. The van der Waals surface area contributed by atoms with E-state index in [0.29, 0.717) is 30.2 Å². The van der Waals surface area contributed by atoms with Crippen LogP contribution in [0.5, 0.6) is 11.6 Å². The van der Waals surface area contributed by atoms with Gasteiger partial charge in [-0.1, -0.05) is 20.8 Å². The van der Waals surface area contributed by atoms with E-state index in [2.05, 4.69) is 57.7 Å². The quantitative estimate of drug-likeness (QED) is 0.281. The van der Waals surface area contributed by atoms with Gasteiger partial charge in [-0.25, -0.2) is 9.37 Å². The molecule has 11 heteroatoms. The molecule has 0 N–H and O–H groups in total. The molecule has 2 aliphatic heterocycles. The van der Waals surface area contributed by atoms with Crippen molar-refractivity contribution in [2.75, 3.05) is 71.5 Å². The van der Waals surface area contributed by atoms with Crippen molar-refractivity contribution in [3.05, 3.63) is 35.9 Å². The van der Waals surface area contributed by atoms with Crippen LogP contribution in [-0.2, 0) is 4.74 Å². The Morgan fingerprint density at radius 1 is 1.16 bits per heavy atom.